The summed E-state index contributed by atoms with van der Waals surface area (Å²) in [6, 6.07) is 6.45. The standard InChI is InChI=1S/C21H16N2O13/c1-9-17(35-19(24)31-9)13-7-11(22(27)28)3-5-15(13)33-21(26)34-16-6-4-12(23(29)30)8-14(16)18-10(2)32-20(25)36-18/h3-10,17-18H,1-2H3. The molecule has 4 unspecified atom stereocenters. The van der Waals surface area contributed by atoms with Crippen molar-refractivity contribution in [2.45, 2.75) is 38.3 Å². The Morgan fingerprint density at radius 2 is 1.14 bits per heavy atom. The molecule has 188 valence electrons. The van der Waals surface area contributed by atoms with Crippen molar-refractivity contribution in [3.8, 4) is 11.5 Å². The lowest BCUT2D eigenvalue weighted by Gasteiger charge is -2.17. The number of ether oxygens (including phenoxy) is 6. The van der Waals surface area contributed by atoms with Crippen molar-refractivity contribution >= 4 is 29.8 Å². The monoisotopic (exact) mass is 504 g/mol. The normalized spacial score (nSPS) is 22.6. The van der Waals surface area contributed by atoms with Gasteiger partial charge in [0.05, 0.1) is 9.85 Å². The van der Waals surface area contributed by atoms with Crippen LogP contribution >= 0.6 is 0 Å². The van der Waals surface area contributed by atoms with Gasteiger partial charge in [-0.1, -0.05) is 0 Å². The predicted octanol–water partition coefficient (Wildman–Crippen LogP) is 4.27. The van der Waals surface area contributed by atoms with Crippen LogP contribution in [0.2, 0.25) is 0 Å². The quantitative estimate of drug-likeness (QED) is 0.234. The van der Waals surface area contributed by atoms with E-state index in [2.05, 4.69) is 0 Å². The van der Waals surface area contributed by atoms with Crippen LogP contribution in [0.15, 0.2) is 36.4 Å². The Morgan fingerprint density at radius 1 is 0.750 bits per heavy atom. The number of nitro groups is 2. The molecule has 4 rings (SSSR count). The summed E-state index contributed by atoms with van der Waals surface area (Å²) in [7, 11) is 0. The molecule has 2 aromatic carbocycles. The molecule has 0 amide bonds. The third-order valence-corrected chi connectivity index (χ3v) is 5.27. The van der Waals surface area contributed by atoms with Crippen LogP contribution in [-0.2, 0) is 18.9 Å². The summed E-state index contributed by atoms with van der Waals surface area (Å²) in [4.78, 5) is 56.7. The number of carbonyl (C=O) groups excluding carboxylic acids is 3. The van der Waals surface area contributed by atoms with Crippen molar-refractivity contribution in [2.24, 2.45) is 0 Å². The number of benzene rings is 2. The van der Waals surface area contributed by atoms with Gasteiger partial charge in [-0.25, -0.2) is 14.4 Å². The van der Waals surface area contributed by atoms with E-state index in [1.54, 1.807) is 0 Å². The van der Waals surface area contributed by atoms with Crippen LogP contribution in [0.5, 0.6) is 11.5 Å². The van der Waals surface area contributed by atoms with Gasteiger partial charge in [0.15, 0.2) is 12.2 Å². The minimum atomic E-state index is -1.34. The summed E-state index contributed by atoms with van der Waals surface area (Å²) >= 11 is 0. The van der Waals surface area contributed by atoms with E-state index in [0.717, 1.165) is 36.4 Å². The number of rotatable bonds is 6. The molecule has 2 saturated heterocycles. The van der Waals surface area contributed by atoms with Crippen LogP contribution in [-0.4, -0.2) is 40.5 Å². The topological polar surface area (TPSA) is 193 Å². The minimum Gasteiger partial charge on any atom is -0.427 e. The van der Waals surface area contributed by atoms with Gasteiger partial charge in [-0.15, -0.1) is 0 Å². The summed E-state index contributed by atoms with van der Waals surface area (Å²) in [5.41, 5.74) is -0.795. The van der Waals surface area contributed by atoms with Gasteiger partial charge in [0.2, 0.25) is 0 Å². The molecule has 0 spiro atoms. The first-order valence-corrected chi connectivity index (χ1v) is 10.2. The van der Waals surface area contributed by atoms with E-state index in [-0.39, 0.29) is 34.0 Å². The number of non-ortho nitro benzene ring substituents is 2. The maximum Gasteiger partial charge on any atom is 0.519 e. The van der Waals surface area contributed by atoms with Crippen molar-refractivity contribution in [1.29, 1.82) is 0 Å². The van der Waals surface area contributed by atoms with Crippen LogP contribution in [0.25, 0.3) is 0 Å². The average Bonchev–Trinajstić information content (AvgIpc) is 3.32. The van der Waals surface area contributed by atoms with Crippen LogP contribution < -0.4 is 9.47 Å². The van der Waals surface area contributed by atoms with Crippen molar-refractivity contribution in [3.63, 3.8) is 0 Å². The van der Waals surface area contributed by atoms with Gasteiger partial charge < -0.3 is 28.4 Å². The Hall–Kier alpha value is -4.95. The van der Waals surface area contributed by atoms with E-state index in [9.17, 15) is 34.6 Å². The van der Waals surface area contributed by atoms with Gasteiger partial charge in [-0.2, -0.15) is 0 Å². The van der Waals surface area contributed by atoms with Crippen molar-refractivity contribution in [3.05, 3.63) is 67.8 Å². The van der Waals surface area contributed by atoms with E-state index in [1.165, 1.54) is 13.8 Å². The van der Waals surface area contributed by atoms with Gasteiger partial charge in [0, 0.05) is 35.4 Å². The second-order valence-electron chi connectivity index (χ2n) is 7.64. The second-order valence-corrected chi connectivity index (χ2v) is 7.64. The Morgan fingerprint density at radius 3 is 1.44 bits per heavy atom. The molecule has 0 N–H and O–H groups in total. The van der Waals surface area contributed by atoms with Crippen molar-refractivity contribution in [1.82, 2.24) is 0 Å². The highest BCUT2D eigenvalue weighted by molar-refractivity contribution is 5.70. The fourth-order valence-corrected chi connectivity index (χ4v) is 3.64. The molecule has 36 heavy (non-hydrogen) atoms. The molecule has 0 aromatic heterocycles. The molecule has 4 atom stereocenters. The smallest absolute Gasteiger partial charge is 0.427 e. The molecule has 2 aliphatic rings. The van der Waals surface area contributed by atoms with E-state index >= 15 is 0 Å². The second kappa shape index (κ2) is 9.36. The zero-order valence-electron chi connectivity index (χ0n) is 18.5. The summed E-state index contributed by atoms with van der Waals surface area (Å²) < 4.78 is 30.3. The number of nitro benzene ring substituents is 2. The fraction of sp³-hybridized carbons (Fsp3) is 0.286. The van der Waals surface area contributed by atoms with E-state index < -0.39 is 52.7 Å². The number of hydrogen-bond donors (Lipinski definition) is 0. The molecule has 0 radical (unpaired) electrons. The fourth-order valence-electron chi connectivity index (χ4n) is 3.64. The highest BCUT2D eigenvalue weighted by atomic mass is 16.8. The Bertz CT molecular complexity index is 1180. The van der Waals surface area contributed by atoms with Gasteiger partial charge in [-0.3, -0.25) is 20.2 Å². The Labute approximate surface area is 200 Å². The third-order valence-electron chi connectivity index (χ3n) is 5.27. The number of cyclic esters (lactones) is 4. The van der Waals surface area contributed by atoms with Crippen molar-refractivity contribution < 1.29 is 52.7 Å². The molecule has 2 aromatic rings. The molecular weight excluding hydrogens is 488 g/mol. The average molecular weight is 504 g/mol. The number of hydrogen-bond acceptors (Lipinski definition) is 13. The molecule has 15 nitrogen and oxygen atoms in total. The highest BCUT2D eigenvalue weighted by Crippen LogP contribution is 2.40. The van der Waals surface area contributed by atoms with Gasteiger partial charge >= 0.3 is 18.5 Å². The SMILES string of the molecule is CC1OC(=O)OC1c1cc([N+](=O)[O-])ccc1OC(=O)Oc1ccc([N+](=O)[O-])cc1C1OC(=O)OC1C. The van der Waals surface area contributed by atoms with E-state index in [4.69, 9.17) is 28.4 Å². The maximum absolute atomic E-state index is 12.7. The van der Waals surface area contributed by atoms with E-state index in [1.807, 2.05) is 0 Å². The predicted molar refractivity (Wildman–Crippen MR) is 112 cm³/mol. The summed E-state index contributed by atoms with van der Waals surface area (Å²) in [5.74, 6) is -0.457. The van der Waals surface area contributed by atoms with Crippen LogP contribution in [0.4, 0.5) is 25.8 Å². The van der Waals surface area contributed by atoms with Crippen LogP contribution in [0.3, 0.4) is 0 Å². The minimum absolute atomic E-state index is 0.0323. The van der Waals surface area contributed by atoms with E-state index in [0.29, 0.717) is 0 Å². The third kappa shape index (κ3) is 4.79. The Balaban J connectivity index is 1.63. The summed E-state index contributed by atoms with van der Waals surface area (Å²) in [5, 5.41) is 22.4. The Kier molecular flexibility index (Phi) is 6.29. The first-order chi connectivity index (χ1) is 17.0. The van der Waals surface area contributed by atoms with Crippen LogP contribution in [0.1, 0.15) is 37.2 Å². The lowest BCUT2D eigenvalue weighted by atomic mass is 10.0. The summed E-state index contributed by atoms with van der Waals surface area (Å²) in [6.07, 6.45) is -7.29. The lowest BCUT2D eigenvalue weighted by molar-refractivity contribution is -0.385. The van der Waals surface area contributed by atoms with Gasteiger partial charge in [0.25, 0.3) is 11.4 Å². The van der Waals surface area contributed by atoms with Crippen molar-refractivity contribution in [2.75, 3.05) is 0 Å². The first-order valence-electron chi connectivity index (χ1n) is 10.2. The maximum atomic E-state index is 12.7. The molecular formula is C21H16N2O13. The van der Waals surface area contributed by atoms with Gasteiger partial charge in [0.1, 0.15) is 23.7 Å². The molecule has 15 heteroatoms. The van der Waals surface area contributed by atoms with Gasteiger partial charge in [-0.05, 0) is 26.0 Å². The molecule has 2 aliphatic heterocycles. The largest absolute Gasteiger partial charge is 0.519 e. The zero-order chi connectivity index (χ0) is 26.1. The lowest BCUT2D eigenvalue weighted by Crippen LogP contribution is -2.19. The molecule has 0 saturated carbocycles. The summed E-state index contributed by atoms with van der Waals surface area (Å²) in [6.45, 7) is 2.96. The van der Waals surface area contributed by atoms with Crippen LogP contribution in [0, 0.1) is 20.2 Å². The zero-order valence-corrected chi connectivity index (χ0v) is 18.5. The molecule has 2 heterocycles. The number of carbonyl (C=O) groups is 3. The molecule has 0 aliphatic carbocycles. The number of nitrogens with zero attached hydrogens (tertiary/aromatic N) is 2. The molecule has 0 bridgehead atoms. The molecule has 2 fully saturated rings. The highest BCUT2D eigenvalue weighted by Gasteiger charge is 2.39. The first kappa shape index (κ1) is 24.2.